The van der Waals surface area contributed by atoms with Crippen molar-refractivity contribution in [3.8, 4) is 0 Å². The standard InChI is InChI=1S/C14H20N2.2ClH/c1-16-8-6-14(7-9-16)11-15-10-12-4-2-3-5-13(12)14;;/h2-5,15H,6-11H2,1H3;2*1H. The Labute approximate surface area is 122 Å². The van der Waals surface area contributed by atoms with Crippen LogP contribution in [0.3, 0.4) is 0 Å². The molecule has 102 valence electrons. The average molecular weight is 289 g/mol. The zero-order valence-corrected chi connectivity index (χ0v) is 12.4. The van der Waals surface area contributed by atoms with Crippen LogP contribution in [0.15, 0.2) is 24.3 Å². The fraction of sp³-hybridized carbons (Fsp3) is 0.571. The molecule has 2 heterocycles. The SMILES string of the molecule is CN1CCC2(CC1)CNCc1ccccc12.Cl.Cl. The highest BCUT2D eigenvalue weighted by molar-refractivity contribution is 5.85. The number of nitrogens with zero attached hydrogens (tertiary/aromatic N) is 1. The Hall–Kier alpha value is -0.280. The third-order valence-electron chi connectivity index (χ3n) is 4.31. The molecular weight excluding hydrogens is 267 g/mol. The van der Waals surface area contributed by atoms with E-state index in [0.29, 0.717) is 5.41 Å². The van der Waals surface area contributed by atoms with Gasteiger partial charge in [0.05, 0.1) is 0 Å². The van der Waals surface area contributed by atoms with Gasteiger partial charge < -0.3 is 10.2 Å². The minimum atomic E-state index is 0. The maximum atomic E-state index is 3.60. The van der Waals surface area contributed by atoms with Crippen LogP contribution >= 0.6 is 24.8 Å². The normalized spacial score (nSPS) is 21.6. The molecule has 18 heavy (non-hydrogen) atoms. The van der Waals surface area contributed by atoms with Gasteiger partial charge in [0.15, 0.2) is 0 Å². The summed E-state index contributed by atoms with van der Waals surface area (Å²) in [5.41, 5.74) is 3.54. The van der Waals surface area contributed by atoms with E-state index in [0.717, 1.165) is 13.1 Å². The second kappa shape index (κ2) is 6.25. The van der Waals surface area contributed by atoms with Crippen molar-refractivity contribution in [3.63, 3.8) is 0 Å². The van der Waals surface area contributed by atoms with Crippen LogP contribution < -0.4 is 5.32 Å². The van der Waals surface area contributed by atoms with Crippen molar-refractivity contribution in [1.29, 1.82) is 0 Å². The summed E-state index contributed by atoms with van der Waals surface area (Å²) in [4.78, 5) is 2.45. The van der Waals surface area contributed by atoms with E-state index in [2.05, 4.69) is 41.5 Å². The van der Waals surface area contributed by atoms with E-state index in [1.165, 1.54) is 31.5 Å². The van der Waals surface area contributed by atoms with Gasteiger partial charge in [-0.3, -0.25) is 0 Å². The highest BCUT2D eigenvalue weighted by Gasteiger charge is 2.38. The van der Waals surface area contributed by atoms with E-state index in [9.17, 15) is 0 Å². The fourth-order valence-corrected chi connectivity index (χ4v) is 3.22. The van der Waals surface area contributed by atoms with Gasteiger partial charge in [-0.1, -0.05) is 24.3 Å². The average Bonchev–Trinajstić information content (AvgIpc) is 2.34. The van der Waals surface area contributed by atoms with E-state index in [1.54, 1.807) is 5.56 Å². The van der Waals surface area contributed by atoms with Gasteiger partial charge in [-0.05, 0) is 44.1 Å². The lowest BCUT2D eigenvalue weighted by molar-refractivity contribution is 0.176. The number of likely N-dealkylation sites (tertiary alicyclic amines) is 1. The molecule has 1 fully saturated rings. The zero-order chi connectivity index (χ0) is 11.0. The van der Waals surface area contributed by atoms with E-state index < -0.39 is 0 Å². The summed E-state index contributed by atoms with van der Waals surface area (Å²) in [5, 5.41) is 3.60. The molecule has 0 aromatic heterocycles. The molecule has 0 bridgehead atoms. The van der Waals surface area contributed by atoms with Gasteiger partial charge in [0, 0.05) is 18.5 Å². The minimum Gasteiger partial charge on any atom is -0.312 e. The van der Waals surface area contributed by atoms with Gasteiger partial charge in [-0.25, -0.2) is 0 Å². The van der Waals surface area contributed by atoms with E-state index in [1.807, 2.05) is 0 Å². The maximum absolute atomic E-state index is 3.60. The second-order valence-electron chi connectivity index (χ2n) is 5.34. The van der Waals surface area contributed by atoms with Crippen molar-refractivity contribution in [1.82, 2.24) is 10.2 Å². The van der Waals surface area contributed by atoms with E-state index in [-0.39, 0.29) is 24.8 Å². The van der Waals surface area contributed by atoms with Crippen LogP contribution in [-0.2, 0) is 12.0 Å². The number of piperidine rings is 1. The Morgan fingerprint density at radius 3 is 2.50 bits per heavy atom. The number of halogens is 2. The van der Waals surface area contributed by atoms with Crippen LogP contribution in [0.25, 0.3) is 0 Å². The summed E-state index contributed by atoms with van der Waals surface area (Å²) in [6, 6.07) is 8.99. The predicted molar refractivity (Wildman–Crippen MR) is 81.1 cm³/mol. The van der Waals surface area contributed by atoms with E-state index in [4.69, 9.17) is 0 Å². The summed E-state index contributed by atoms with van der Waals surface area (Å²) < 4.78 is 0. The minimum absolute atomic E-state index is 0. The first-order valence-corrected chi connectivity index (χ1v) is 6.28. The van der Waals surface area contributed by atoms with Crippen LogP contribution in [0.2, 0.25) is 0 Å². The Bertz CT molecular complexity index is 387. The smallest absolute Gasteiger partial charge is 0.0208 e. The number of hydrogen-bond acceptors (Lipinski definition) is 2. The first kappa shape index (κ1) is 15.8. The number of benzene rings is 1. The Kier molecular flexibility index (Phi) is 5.47. The summed E-state index contributed by atoms with van der Waals surface area (Å²) in [6.07, 6.45) is 2.60. The molecule has 0 amide bonds. The maximum Gasteiger partial charge on any atom is 0.0208 e. The molecule has 2 aliphatic rings. The molecule has 0 unspecified atom stereocenters. The number of hydrogen-bond donors (Lipinski definition) is 1. The molecule has 2 nitrogen and oxygen atoms in total. The van der Waals surface area contributed by atoms with Crippen LogP contribution in [0.5, 0.6) is 0 Å². The molecule has 0 radical (unpaired) electrons. The molecule has 1 spiro atoms. The van der Waals surface area contributed by atoms with Crippen molar-refractivity contribution in [3.05, 3.63) is 35.4 Å². The van der Waals surface area contributed by atoms with Gasteiger partial charge in [0.25, 0.3) is 0 Å². The second-order valence-corrected chi connectivity index (χ2v) is 5.34. The lowest BCUT2D eigenvalue weighted by atomic mass is 9.69. The lowest BCUT2D eigenvalue weighted by Crippen LogP contribution is -2.49. The van der Waals surface area contributed by atoms with Crippen LogP contribution in [0.4, 0.5) is 0 Å². The zero-order valence-electron chi connectivity index (χ0n) is 10.8. The first-order valence-electron chi connectivity index (χ1n) is 6.28. The summed E-state index contributed by atoms with van der Waals surface area (Å²) in [5.74, 6) is 0. The molecule has 2 aliphatic heterocycles. The highest BCUT2D eigenvalue weighted by atomic mass is 35.5. The van der Waals surface area contributed by atoms with Crippen LogP contribution in [0, 0.1) is 0 Å². The summed E-state index contributed by atoms with van der Waals surface area (Å²) in [7, 11) is 2.23. The first-order chi connectivity index (χ1) is 7.80. The Morgan fingerprint density at radius 2 is 1.78 bits per heavy atom. The van der Waals surface area contributed by atoms with Crippen LogP contribution in [0.1, 0.15) is 24.0 Å². The van der Waals surface area contributed by atoms with Gasteiger partial charge in [-0.15, -0.1) is 24.8 Å². The highest BCUT2D eigenvalue weighted by Crippen LogP contribution is 2.38. The van der Waals surface area contributed by atoms with E-state index >= 15 is 0 Å². The van der Waals surface area contributed by atoms with Crippen molar-refractivity contribution in [2.45, 2.75) is 24.8 Å². The molecule has 1 aromatic carbocycles. The van der Waals surface area contributed by atoms with Gasteiger partial charge in [-0.2, -0.15) is 0 Å². The number of nitrogens with one attached hydrogen (secondary N) is 1. The topological polar surface area (TPSA) is 15.3 Å². The summed E-state index contributed by atoms with van der Waals surface area (Å²) >= 11 is 0. The monoisotopic (exact) mass is 288 g/mol. The van der Waals surface area contributed by atoms with Gasteiger partial charge in [0.1, 0.15) is 0 Å². The van der Waals surface area contributed by atoms with Crippen molar-refractivity contribution in [2.75, 3.05) is 26.7 Å². The largest absolute Gasteiger partial charge is 0.312 e. The van der Waals surface area contributed by atoms with Gasteiger partial charge in [0.2, 0.25) is 0 Å². The van der Waals surface area contributed by atoms with Crippen LogP contribution in [-0.4, -0.2) is 31.6 Å². The molecule has 1 N–H and O–H groups in total. The Morgan fingerprint density at radius 1 is 1.11 bits per heavy atom. The molecule has 3 rings (SSSR count). The quantitative estimate of drug-likeness (QED) is 0.790. The van der Waals surface area contributed by atoms with Crippen molar-refractivity contribution in [2.24, 2.45) is 0 Å². The predicted octanol–water partition coefficient (Wildman–Crippen LogP) is 2.60. The number of rotatable bonds is 0. The molecular formula is C14H22Cl2N2. The third-order valence-corrected chi connectivity index (χ3v) is 4.31. The van der Waals surface area contributed by atoms with Crippen molar-refractivity contribution >= 4 is 24.8 Å². The molecule has 0 saturated carbocycles. The molecule has 4 heteroatoms. The lowest BCUT2D eigenvalue weighted by Gasteiger charge is -2.44. The third kappa shape index (κ3) is 2.67. The summed E-state index contributed by atoms with van der Waals surface area (Å²) in [6.45, 7) is 4.68. The molecule has 1 aromatic rings. The molecule has 0 atom stereocenters. The molecule has 1 saturated heterocycles. The fourth-order valence-electron chi connectivity index (χ4n) is 3.22. The molecule has 0 aliphatic carbocycles. The van der Waals surface area contributed by atoms with Crippen molar-refractivity contribution < 1.29 is 0 Å². The Balaban J connectivity index is 0.000000810. The van der Waals surface area contributed by atoms with Gasteiger partial charge >= 0.3 is 0 Å². The number of fused-ring (bicyclic) bond motifs is 2.